The molecule has 190 valence electrons. The van der Waals surface area contributed by atoms with Gasteiger partial charge in [-0.3, -0.25) is 0 Å². The van der Waals surface area contributed by atoms with Gasteiger partial charge in [-0.05, 0) is 41.5 Å². The van der Waals surface area contributed by atoms with Crippen molar-refractivity contribution in [2.75, 3.05) is 0 Å². The van der Waals surface area contributed by atoms with Crippen LogP contribution < -0.4 is 22.1 Å². The number of halogens is 4. The molecule has 0 atom stereocenters. The Bertz CT molecular complexity index is 1650. The smallest absolute Gasteiger partial charge is 0.416 e. The van der Waals surface area contributed by atoms with Crippen molar-refractivity contribution in [3.8, 4) is 5.75 Å². The Morgan fingerprint density at radius 3 is 2.34 bits per heavy atom. The van der Waals surface area contributed by atoms with Gasteiger partial charge in [-0.1, -0.05) is 60.7 Å². The summed E-state index contributed by atoms with van der Waals surface area (Å²) in [4.78, 5) is 6.62. The van der Waals surface area contributed by atoms with E-state index in [1.807, 2.05) is 85.2 Å². The van der Waals surface area contributed by atoms with Crippen LogP contribution in [0.3, 0.4) is 0 Å². The third kappa shape index (κ3) is 4.83. The van der Waals surface area contributed by atoms with E-state index >= 15 is 0 Å². The van der Waals surface area contributed by atoms with Crippen LogP contribution in [0.5, 0.6) is 5.75 Å². The van der Waals surface area contributed by atoms with Gasteiger partial charge in [-0.15, -0.1) is 0 Å². The normalized spacial score (nSPS) is 13.8. The van der Waals surface area contributed by atoms with Gasteiger partial charge in [0, 0.05) is 34.3 Å². The Kier molecular flexibility index (Phi) is 6.83. The Hall–Kier alpha value is -4.29. The van der Waals surface area contributed by atoms with Crippen molar-refractivity contribution in [1.82, 2.24) is 4.98 Å². The van der Waals surface area contributed by atoms with Crippen LogP contribution in [-0.2, 0) is 12.8 Å². The number of benzene rings is 4. The van der Waals surface area contributed by atoms with Crippen molar-refractivity contribution in [3.63, 3.8) is 0 Å². The molecule has 2 heterocycles. The summed E-state index contributed by atoms with van der Waals surface area (Å²) in [7, 11) is 0. The van der Waals surface area contributed by atoms with Crippen LogP contribution in [0.25, 0.3) is 22.0 Å². The molecule has 1 aliphatic rings. The van der Waals surface area contributed by atoms with E-state index in [1.54, 1.807) is 0 Å². The first kappa shape index (κ1) is 25.4. The number of alkyl halides is 3. The van der Waals surface area contributed by atoms with E-state index in [-0.39, 0.29) is 12.4 Å². The number of aromatic amines is 1. The predicted molar refractivity (Wildman–Crippen MR) is 140 cm³/mol. The Balaban J connectivity index is 0.00000294. The molecule has 5 aromatic rings. The van der Waals surface area contributed by atoms with Gasteiger partial charge in [-0.25, -0.2) is 4.99 Å². The lowest BCUT2D eigenvalue weighted by molar-refractivity contribution is -0.342. The van der Waals surface area contributed by atoms with Crippen LogP contribution in [0.2, 0.25) is 0 Å². The fraction of sp³-hybridized carbons (Fsp3) is 0.0645. The van der Waals surface area contributed by atoms with E-state index in [9.17, 15) is 13.2 Å². The first-order chi connectivity index (χ1) is 18.0. The lowest BCUT2D eigenvalue weighted by Gasteiger charge is -2.13. The maximum Gasteiger partial charge on any atom is 0.416 e. The molecule has 0 spiro atoms. The fourth-order valence-electron chi connectivity index (χ4n) is 4.70. The zero-order valence-corrected chi connectivity index (χ0v) is 20.8. The minimum atomic E-state index is -4.40. The molecule has 4 aromatic carbocycles. The van der Waals surface area contributed by atoms with E-state index in [1.165, 1.54) is 12.1 Å². The first-order valence-electron chi connectivity index (χ1n) is 11.9. The molecule has 0 amide bonds. The number of fused-ring (bicyclic) bond motifs is 2. The van der Waals surface area contributed by atoms with Crippen LogP contribution in [0.15, 0.2) is 103 Å². The number of rotatable bonds is 5. The van der Waals surface area contributed by atoms with Crippen molar-refractivity contribution in [3.05, 3.63) is 131 Å². The molecular weight excluding hydrogens is 509 g/mol. The van der Waals surface area contributed by atoms with Crippen LogP contribution in [-0.4, -0.2) is 11.2 Å². The molecule has 1 aliphatic heterocycles. The number of ether oxygens (including phenoxy) is 1. The number of hydrogen-bond acceptors (Lipinski definition) is 1. The van der Waals surface area contributed by atoms with Crippen molar-refractivity contribution in [2.45, 2.75) is 12.8 Å². The minimum absolute atomic E-state index is 0. The number of para-hydroxylation sites is 1. The highest BCUT2D eigenvalue weighted by atomic mass is 35.5. The molecule has 0 radical (unpaired) electrons. The van der Waals surface area contributed by atoms with Crippen LogP contribution in [0, 0.1) is 0 Å². The third-order valence-corrected chi connectivity index (χ3v) is 6.53. The second kappa shape index (κ2) is 10.2. The van der Waals surface area contributed by atoms with Crippen LogP contribution in [0.1, 0.15) is 27.8 Å². The van der Waals surface area contributed by atoms with Gasteiger partial charge in [0.15, 0.2) is 6.21 Å². The molecular formula is C31H22ClF3N2O. The summed E-state index contributed by atoms with van der Waals surface area (Å²) < 4.78 is 45.9. The summed E-state index contributed by atoms with van der Waals surface area (Å²) in [6, 6.07) is 29.0. The minimum Gasteiger partial charge on any atom is -1.00 e. The number of nitrogens with one attached hydrogen (secondary N) is 2. The molecule has 38 heavy (non-hydrogen) atoms. The number of hydrogen-bond donors (Lipinski definition) is 2. The summed E-state index contributed by atoms with van der Waals surface area (Å²) in [5.41, 5.74) is 6.48. The van der Waals surface area contributed by atoms with E-state index in [4.69, 9.17) is 4.74 Å². The average molecular weight is 531 g/mol. The summed E-state index contributed by atoms with van der Waals surface area (Å²) in [6.45, 7) is 0.435. The molecule has 0 fully saturated rings. The van der Waals surface area contributed by atoms with E-state index in [0.29, 0.717) is 17.9 Å². The van der Waals surface area contributed by atoms with Gasteiger partial charge in [0.2, 0.25) is 5.69 Å². The molecule has 3 nitrogen and oxygen atoms in total. The Morgan fingerprint density at radius 1 is 0.842 bits per heavy atom. The molecule has 0 saturated heterocycles. The van der Waals surface area contributed by atoms with E-state index < -0.39 is 11.7 Å². The first-order valence-corrected chi connectivity index (χ1v) is 11.9. The van der Waals surface area contributed by atoms with E-state index in [0.717, 1.165) is 56.6 Å². The molecule has 0 bridgehead atoms. The standard InChI is InChI=1S/C31H21F3N2O.ClH/c32-31(33,34)22-12-10-21(11-13-22)30(26-17-35-28-9-5-4-8-24(26)28)27-18-36-29-15-14-23(16-25(27)29)37-19-20-6-2-1-3-7-20;/h1-18,35H,19H2;1H. The topological polar surface area (TPSA) is 39.0 Å². The molecule has 7 heteroatoms. The summed E-state index contributed by atoms with van der Waals surface area (Å²) in [6.07, 6.45) is -0.585. The number of aromatic nitrogens is 1. The summed E-state index contributed by atoms with van der Waals surface area (Å²) in [5, 5.41) is 0.989. The van der Waals surface area contributed by atoms with Gasteiger partial charge < -0.3 is 22.1 Å². The highest BCUT2D eigenvalue weighted by Crippen LogP contribution is 2.39. The van der Waals surface area contributed by atoms with Crippen molar-refractivity contribution in [1.29, 1.82) is 0 Å². The maximum atomic E-state index is 13.3. The molecule has 0 aliphatic carbocycles. The van der Waals surface area contributed by atoms with Crippen molar-refractivity contribution < 1.29 is 35.3 Å². The monoisotopic (exact) mass is 530 g/mol. The largest absolute Gasteiger partial charge is 1.00 e. The van der Waals surface area contributed by atoms with E-state index in [2.05, 4.69) is 9.98 Å². The Morgan fingerprint density at radius 2 is 1.58 bits per heavy atom. The summed E-state index contributed by atoms with van der Waals surface area (Å²) in [5.74, 6) is 0.711. The molecule has 6 rings (SSSR count). The second-order valence-electron chi connectivity index (χ2n) is 8.88. The number of H-pyrrole nitrogens is 1. The zero-order chi connectivity index (χ0) is 25.4. The van der Waals surface area contributed by atoms with Gasteiger partial charge >= 0.3 is 6.18 Å². The third-order valence-electron chi connectivity index (χ3n) is 6.53. The Labute approximate surface area is 223 Å². The van der Waals surface area contributed by atoms with Gasteiger partial charge in [0.25, 0.3) is 0 Å². The zero-order valence-electron chi connectivity index (χ0n) is 20.0. The van der Waals surface area contributed by atoms with Crippen LogP contribution >= 0.6 is 0 Å². The molecule has 1 aromatic heterocycles. The molecule has 2 N–H and O–H groups in total. The molecule has 0 unspecified atom stereocenters. The highest BCUT2D eigenvalue weighted by Gasteiger charge is 2.31. The fourth-order valence-corrected chi connectivity index (χ4v) is 4.70. The SMILES string of the molecule is FC(F)(F)c1ccc(C(=C2C=[NH+]c3ccc(OCc4ccccc4)cc32)c2c[nH]c3ccccc23)cc1.[Cl-]. The summed E-state index contributed by atoms with van der Waals surface area (Å²) >= 11 is 0. The lowest BCUT2D eigenvalue weighted by Crippen LogP contribution is -3.00. The number of allylic oxidation sites excluding steroid dienone is 1. The van der Waals surface area contributed by atoms with Crippen molar-refractivity contribution >= 4 is 34.0 Å². The maximum absolute atomic E-state index is 13.3. The average Bonchev–Trinajstić information content (AvgIpc) is 3.53. The second-order valence-corrected chi connectivity index (χ2v) is 8.88. The van der Waals surface area contributed by atoms with Gasteiger partial charge in [-0.2, -0.15) is 13.2 Å². The lowest BCUT2D eigenvalue weighted by atomic mass is 9.89. The van der Waals surface area contributed by atoms with Gasteiger partial charge in [0.1, 0.15) is 12.4 Å². The highest BCUT2D eigenvalue weighted by molar-refractivity contribution is 6.24. The molecule has 0 saturated carbocycles. The predicted octanol–water partition coefficient (Wildman–Crippen LogP) is 3.53. The van der Waals surface area contributed by atoms with Crippen LogP contribution in [0.4, 0.5) is 18.9 Å². The van der Waals surface area contributed by atoms with Gasteiger partial charge in [0.05, 0.1) is 16.7 Å². The quantitative estimate of drug-likeness (QED) is 0.359. The van der Waals surface area contributed by atoms with Crippen molar-refractivity contribution in [2.24, 2.45) is 0 Å².